The van der Waals surface area contributed by atoms with Crippen molar-refractivity contribution in [2.75, 3.05) is 0 Å². The summed E-state index contributed by atoms with van der Waals surface area (Å²) in [7, 11) is 0. The van der Waals surface area contributed by atoms with Crippen molar-refractivity contribution in [1.29, 1.82) is 0 Å². The highest BCUT2D eigenvalue weighted by Gasteiger charge is 2.05. The fourth-order valence-corrected chi connectivity index (χ4v) is 1.15. The predicted molar refractivity (Wildman–Crippen MR) is 55.6 cm³/mol. The first kappa shape index (κ1) is 9.52. The van der Waals surface area contributed by atoms with E-state index in [0.717, 1.165) is 11.3 Å². The van der Waals surface area contributed by atoms with E-state index in [1.807, 2.05) is 25.1 Å². The zero-order chi connectivity index (χ0) is 9.84. The number of allylic oxidation sites excluding steroid dienone is 1. The van der Waals surface area contributed by atoms with Gasteiger partial charge in [0.1, 0.15) is 0 Å². The van der Waals surface area contributed by atoms with E-state index in [4.69, 9.17) is 0 Å². The van der Waals surface area contributed by atoms with Gasteiger partial charge in [0.05, 0.1) is 5.69 Å². The van der Waals surface area contributed by atoms with Gasteiger partial charge < -0.3 is 4.98 Å². The van der Waals surface area contributed by atoms with Crippen molar-refractivity contribution in [3.05, 3.63) is 35.7 Å². The normalized spacial score (nSPS) is 10.6. The first-order valence-electron chi connectivity index (χ1n) is 4.18. The average Bonchev–Trinajstić information content (AvgIpc) is 2.48. The molecular formula is C11H13NO. The highest BCUT2D eigenvalue weighted by atomic mass is 16.1. The molecule has 0 saturated carbocycles. The van der Waals surface area contributed by atoms with Crippen LogP contribution in [0.3, 0.4) is 0 Å². The molecule has 0 radical (unpaired) electrons. The van der Waals surface area contributed by atoms with Gasteiger partial charge in [0.15, 0.2) is 5.78 Å². The summed E-state index contributed by atoms with van der Waals surface area (Å²) in [4.78, 5) is 14.1. The van der Waals surface area contributed by atoms with Crippen LogP contribution in [-0.4, -0.2) is 10.8 Å². The Morgan fingerprint density at radius 1 is 1.62 bits per heavy atom. The summed E-state index contributed by atoms with van der Waals surface area (Å²) in [5, 5.41) is 0. The largest absolute Gasteiger partial charge is 0.352 e. The maximum atomic E-state index is 11.0. The molecule has 1 aromatic heterocycles. The molecule has 0 aliphatic carbocycles. The molecule has 2 nitrogen and oxygen atoms in total. The highest BCUT2D eigenvalue weighted by Crippen LogP contribution is 2.14. The van der Waals surface area contributed by atoms with Crippen LogP contribution in [0.2, 0.25) is 0 Å². The van der Waals surface area contributed by atoms with Crippen molar-refractivity contribution in [2.45, 2.75) is 13.8 Å². The molecule has 0 aliphatic heterocycles. The van der Waals surface area contributed by atoms with Gasteiger partial charge in [-0.2, -0.15) is 0 Å². The zero-order valence-corrected chi connectivity index (χ0v) is 7.92. The number of rotatable bonds is 3. The topological polar surface area (TPSA) is 32.9 Å². The molecule has 0 bridgehead atoms. The van der Waals surface area contributed by atoms with Crippen molar-refractivity contribution in [3.8, 4) is 0 Å². The van der Waals surface area contributed by atoms with Gasteiger partial charge in [0.2, 0.25) is 0 Å². The number of nitrogens with one attached hydrogen (secondary N) is 1. The second kappa shape index (κ2) is 3.90. The highest BCUT2D eigenvalue weighted by molar-refractivity contribution is 5.93. The summed E-state index contributed by atoms with van der Waals surface area (Å²) in [5.74, 6) is 0.0406. The van der Waals surface area contributed by atoms with Gasteiger partial charge in [-0.3, -0.25) is 4.79 Å². The number of aromatic nitrogens is 1. The molecule has 1 rings (SSSR count). The summed E-state index contributed by atoms with van der Waals surface area (Å²) >= 11 is 0. The third kappa shape index (κ3) is 1.96. The summed E-state index contributed by atoms with van der Waals surface area (Å²) in [6.45, 7) is 7.15. The maximum Gasteiger partial charge on any atom is 0.175 e. The van der Waals surface area contributed by atoms with Crippen LogP contribution >= 0.6 is 0 Å². The Morgan fingerprint density at radius 3 is 2.77 bits per heavy atom. The van der Waals surface area contributed by atoms with Gasteiger partial charge in [0.25, 0.3) is 0 Å². The van der Waals surface area contributed by atoms with E-state index in [-0.39, 0.29) is 5.78 Å². The molecule has 0 unspecified atom stereocenters. The fourth-order valence-electron chi connectivity index (χ4n) is 1.15. The Hall–Kier alpha value is -1.57. The van der Waals surface area contributed by atoms with Crippen LogP contribution in [0.5, 0.6) is 0 Å². The lowest BCUT2D eigenvalue weighted by atomic mass is 10.2. The Balaban J connectivity index is 3.18. The Morgan fingerprint density at radius 2 is 2.31 bits per heavy atom. The van der Waals surface area contributed by atoms with Crippen LogP contribution in [-0.2, 0) is 0 Å². The van der Waals surface area contributed by atoms with Gasteiger partial charge in [0, 0.05) is 12.6 Å². The molecule has 1 aromatic rings. The summed E-state index contributed by atoms with van der Waals surface area (Å²) in [6, 6.07) is 1.81. The van der Waals surface area contributed by atoms with Crippen LogP contribution in [0, 0.1) is 0 Å². The van der Waals surface area contributed by atoms with Crippen molar-refractivity contribution in [3.63, 3.8) is 0 Å². The third-order valence-electron chi connectivity index (χ3n) is 1.81. The second-order valence-electron chi connectivity index (χ2n) is 2.81. The van der Waals surface area contributed by atoms with Gasteiger partial charge in [-0.05, 0) is 24.6 Å². The lowest BCUT2D eigenvalue weighted by Crippen LogP contribution is -1.90. The first-order chi connectivity index (χ1) is 6.19. The number of ketones is 1. The van der Waals surface area contributed by atoms with Crippen LogP contribution in [0.25, 0.3) is 12.2 Å². The van der Waals surface area contributed by atoms with Crippen molar-refractivity contribution >= 4 is 17.9 Å². The molecular weight excluding hydrogens is 162 g/mol. The molecule has 0 atom stereocenters. The quantitative estimate of drug-likeness (QED) is 0.704. The molecule has 0 aromatic carbocycles. The lowest BCUT2D eigenvalue weighted by molar-refractivity contribution is 0.101. The van der Waals surface area contributed by atoms with Crippen molar-refractivity contribution in [1.82, 2.24) is 4.98 Å². The SMILES string of the molecule is C=Cc1cc(C(C)=O)[nH]c1/C=C\C. The van der Waals surface area contributed by atoms with E-state index in [1.165, 1.54) is 6.92 Å². The molecule has 2 heteroatoms. The van der Waals surface area contributed by atoms with Crippen molar-refractivity contribution < 1.29 is 4.79 Å². The van der Waals surface area contributed by atoms with E-state index in [0.29, 0.717) is 5.69 Å². The number of carbonyl (C=O) groups is 1. The van der Waals surface area contributed by atoms with Crippen molar-refractivity contribution in [2.24, 2.45) is 0 Å². The summed E-state index contributed by atoms with van der Waals surface area (Å²) < 4.78 is 0. The van der Waals surface area contributed by atoms with Gasteiger partial charge >= 0.3 is 0 Å². The Bertz CT molecular complexity index is 358. The number of Topliss-reactive ketones (excluding diaryl/α,β-unsaturated/α-hetero) is 1. The Kier molecular flexibility index (Phi) is 2.85. The van der Waals surface area contributed by atoms with E-state index in [9.17, 15) is 4.79 Å². The monoisotopic (exact) mass is 175 g/mol. The lowest BCUT2D eigenvalue weighted by Gasteiger charge is -1.89. The number of carbonyl (C=O) groups excluding carboxylic acids is 1. The standard InChI is InChI=1S/C11H13NO/c1-4-6-10-9(5-2)7-11(12-10)8(3)13/h4-7,12H,2H2,1,3H3/b6-4-. The number of aromatic amines is 1. The maximum absolute atomic E-state index is 11.0. The average molecular weight is 175 g/mol. The number of hydrogen-bond acceptors (Lipinski definition) is 1. The molecule has 0 saturated heterocycles. The summed E-state index contributed by atoms with van der Waals surface area (Å²) in [6.07, 6.45) is 5.57. The van der Waals surface area contributed by atoms with E-state index in [1.54, 1.807) is 6.08 Å². The fraction of sp³-hybridized carbons (Fsp3) is 0.182. The number of H-pyrrole nitrogens is 1. The molecule has 0 fully saturated rings. The van der Waals surface area contributed by atoms with E-state index < -0.39 is 0 Å². The third-order valence-corrected chi connectivity index (χ3v) is 1.81. The molecule has 0 aliphatic rings. The Labute approximate surface area is 78.0 Å². The summed E-state index contributed by atoms with van der Waals surface area (Å²) in [5.41, 5.74) is 2.52. The molecule has 0 spiro atoms. The van der Waals surface area contributed by atoms with E-state index >= 15 is 0 Å². The minimum absolute atomic E-state index is 0.0406. The zero-order valence-electron chi connectivity index (χ0n) is 7.92. The minimum atomic E-state index is 0.0406. The minimum Gasteiger partial charge on any atom is -0.352 e. The van der Waals surface area contributed by atoms with Gasteiger partial charge in [-0.25, -0.2) is 0 Å². The van der Waals surface area contributed by atoms with Crippen LogP contribution in [0.1, 0.15) is 35.6 Å². The molecule has 0 amide bonds. The first-order valence-corrected chi connectivity index (χ1v) is 4.18. The molecule has 13 heavy (non-hydrogen) atoms. The predicted octanol–water partition coefficient (Wildman–Crippen LogP) is 2.89. The van der Waals surface area contributed by atoms with E-state index in [2.05, 4.69) is 11.6 Å². The smallest absolute Gasteiger partial charge is 0.175 e. The molecule has 1 N–H and O–H groups in total. The van der Waals surface area contributed by atoms with Crippen LogP contribution < -0.4 is 0 Å². The van der Waals surface area contributed by atoms with Gasteiger partial charge in [-0.15, -0.1) is 0 Å². The van der Waals surface area contributed by atoms with Crippen LogP contribution in [0.4, 0.5) is 0 Å². The van der Waals surface area contributed by atoms with Crippen LogP contribution in [0.15, 0.2) is 18.7 Å². The molecule has 68 valence electrons. The second-order valence-corrected chi connectivity index (χ2v) is 2.81. The molecule has 1 heterocycles. The van der Waals surface area contributed by atoms with Gasteiger partial charge in [-0.1, -0.05) is 18.7 Å². The number of hydrogen-bond donors (Lipinski definition) is 1.